The van der Waals surface area contributed by atoms with Crippen molar-refractivity contribution in [3.63, 3.8) is 0 Å². The molecule has 0 aliphatic heterocycles. The third-order valence-corrected chi connectivity index (χ3v) is 4.46. The van der Waals surface area contributed by atoms with Crippen molar-refractivity contribution in [1.82, 2.24) is 14.9 Å². The first kappa shape index (κ1) is 15.4. The molecule has 0 saturated carbocycles. The second-order valence-electron chi connectivity index (χ2n) is 5.49. The lowest BCUT2D eigenvalue weighted by molar-refractivity contribution is 0.413. The van der Waals surface area contributed by atoms with Crippen molar-refractivity contribution < 1.29 is 0 Å². The summed E-state index contributed by atoms with van der Waals surface area (Å²) in [7, 11) is 4.17. The molecular weight excluding hydrogens is 288 g/mol. The molecule has 0 radical (unpaired) electrons. The van der Waals surface area contributed by atoms with E-state index in [1.807, 2.05) is 0 Å². The molecule has 1 N–H and O–H groups in total. The Hall–Kier alpha value is -0.980. The fraction of sp³-hybridized carbons (Fsp3) is 0.571. The molecule has 0 unspecified atom stereocenters. The van der Waals surface area contributed by atoms with Crippen LogP contribution in [0.4, 0.5) is 5.13 Å². The van der Waals surface area contributed by atoms with Gasteiger partial charge < -0.3 is 10.2 Å². The molecule has 6 heteroatoms. The summed E-state index contributed by atoms with van der Waals surface area (Å²) in [5.74, 6) is 0.624. The predicted octanol–water partition coefficient (Wildman–Crippen LogP) is 3.44. The highest BCUT2D eigenvalue weighted by Gasteiger charge is 2.09. The lowest BCUT2D eigenvalue weighted by Crippen LogP contribution is -2.14. The molecule has 2 rings (SSSR count). The minimum atomic E-state index is 0.624. The summed E-state index contributed by atoms with van der Waals surface area (Å²) in [6.45, 7) is 6.38. The molecule has 0 aliphatic rings. The number of hydrogen-bond donors (Lipinski definition) is 1. The van der Waals surface area contributed by atoms with Crippen LogP contribution in [0.3, 0.4) is 0 Å². The van der Waals surface area contributed by atoms with Crippen LogP contribution in [0.25, 0.3) is 11.4 Å². The third kappa shape index (κ3) is 4.54. The minimum Gasteiger partial charge on any atom is -0.361 e. The lowest BCUT2D eigenvalue weighted by atomic mass is 10.2. The lowest BCUT2D eigenvalue weighted by Gasteiger charge is -2.06. The van der Waals surface area contributed by atoms with Crippen molar-refractivity contribution in [3.8, 4) is 11.4 Å². The zero-order chi connectivity index (χ0) is 14.5. The zero-order valence-electron chi connectivity index (χ0n) is 12.5. The van der Waals surface area contributed by atoms with Crippen LogP contribution in [0.2, 0.25) is 0 Å². The first-order chi connectivity index (χ1) is 9.54. The fourth-order valence-electron chi connectivity index (χ4n) is 1.63. The van der Waals surface area contributed by atoms with E-state index in [4.69, 9.17) is 0 Å². The predicted molar refractivity (Wildman–Crippen MR) is 88.8 cm³/mol. The van der Waals surface area contributed by atoms with Gasteiger partial charge in [-0.3, -0.25) is 0 Å². The Bertz CT molecular complexity index is 483. The van der Waals surface area contributed by atoms with Crippen molar-refractivity contribution in [1.29, 1.82) is 0 Å². The van der Waals surface area contributed by atoms with Gasteiger partial charge >= 0.3 is 0 Å². The maximum Gasteiger partial charge on any atom is 0.183 e. The number of rotatable bonds is 7. The van der Waals surface area contributed by atoms with E-state index in [1.54, 1.807) is 22.7 Å². The normalized spacial score (nSPS) is 11.5. The monoisotopic (exact) mass is 310 g/mol. The Morgan fingerprint density at radius 2 is 1.85 bits per heavy atom. The number of likely N-dealkylation sites (N-methyl/N-ethyl adjacent to an activating group) is 1. The molecule has 0 aromatic carbocycles. The number of nitrogens with one attached hydrogen (secondary N) is 1. The van der Waals surface area contributed by atoms with Crippen LogP contribution in [-0.4, -0.2) is 42.1 Å². The molecule has 0 saturated heterocycles. The van der Waals surface area contributed by atoms with E-state index in [0.29, 0.717) is 5.92 Å². The van der Waals surface area contributed by atoms with Crippen molar-refractivity contribution in [2.24, 2.45) is 5.92 Å². The highest BCUT2D eigenvalue weighted by Crippen LogP contribution is 2.26. The average Bonchev–Trinajstić information content (AvgIpc) is 3.02. The van der Waals surface area contributed by atoms with E-state index >= 15 is 0 Å². The van der Waals surface area contributed by atoms with Crippen LogP contribution in [0.1, 0.15) is 18.9 Å². The topological polar surface area (TPSA) is 41.1 Å². The number of aromatic nitrogens is 2. The van der Waals surface area contributed by atoms with E-state index in [1.165, 1.54) is 5.01 Å². The standard InChI is InChI=1S/C14H22N4S2/c1-10(2)7-15-14-17-12(9-20-14)11-8-19-13(16-11)5-6-18(3)4/h8-10H,5-7H2,1-4H3,(H,15,17). The number of thiazole rings is 2. The molecule has 2 heterocycles. The molecule has 0 atom stereocenters. The Labute approximate surface area is 128 Å². The highest BCUT2D eigenvalue weighted by molar-refractivity contribution is 7.14. The van der Waals surface area contributed by atoms with Gasteiger partial charge in [-0.15, -0.1) is 22.7 Å². The van der Waals surface area contributed by atoms with E-state index in [9.17, 15) is 0 Å². The summed E-state index contributed by atoms with van der Waals surface area (Å²) in [6, 6.07) is 0. The molecule has 0 aliphatic carbocycles. The van der Waals surface area contributed by atoms with Gasteiger partial charge in [0.2, 0.25) is 0 Å². The highest BCUT2D eigenvalue weighted by atomic mass is 32.1. The largest absolute Gasteiger partial charge is 0.361 e. The summed E-state index contributed by atoms with van der Waals surface area (Å²) in [5, 5.41) is 9.70. The maximum absolute atomic E-state index is 4.67. The summed E-state index contributed by atoms with van der Waals surface area (Å²) >= 11 is 3.37. The van der Waals surface area contributed by atoms with Crippen LogP contribution in [0.5, 0.6) is 0 Å². The van der Waals surface area contributed by atoms with Crippen molar-refractivity contribution in [3.05, 3.63) is 15.8 Å². The third-order valence-electron chi connectivity index (χ3n) is 2.75. The quantitative estimate of drug-likeness (QED) is 0.850. The van der Waals surface area contributed by atoms with Crippen LogP contribution in [0, 0.1) is 5.92 Å². The Morgan fingerprint density at radius 3 is 2.55 bits per heavy atom. The van der Waals surface area contributed by atoms with Crippen LogP contribution >= 0.6 is 22.7 Å². The van der Waals surface area contributed by atoms with Gasteiger partial charge in [-0.05, 0) is 20.0 Å². The molecule has 2 aromatic heterocycles. The van der Waals surface area contributed by atoms with Crippen LogP contribution < -0.4 is 5.32 Å². The minimum absolute atomic E-state index is 0.624. The van der Waals surface area contributed by atoms with Gasteiger partial charge in [0.25, 0.3) is 0 Å². The molecule has 2 aromatic rings. The van der Waals surface area contributed by atoms with Crippen LogP contribution in [0.15, 0.2) is 10.8 Å². The fourth-order valence-corrected chi connectivity index (χ4v) is 3.12. The van der Waals surface area contributed by atoms with Gasteiger partial charge in [0, 0.05) is 30.3 Å². The van der Waals surface area contributed by atoms with Gasteiger partial charge in [-0.2, -0.15) is 0 Å². The summed E-state index contributed by atoms with van der Waals surface area (Å²) in [6.07, 6.45) is 1.00. The van der Waals surface area contributed by atoms with Crippen molar-refractivity contribution in [2.45, 2.75) is 20.3 Å². The molecule has 0 fully saturated rings. The molecule has 0 amide bonds. The average molecular weight is 310 g/mol. The van der Waals surface area contributed by atoms with Crippen LogP contribution in [-0.2, 0) is 6.42 Å². The van der Waals surface area contributed by atoms with E-state index in [-0.39, 0.29) is 0 Å². The SMILES string of the molecule is CC(C)CNc1nc(-c2csc(CCN(C)C)n2)cs1. The summed E-state index contributed by atoms with van der Waals surface area (Å²) in [5.41, 5.74) is 1.98. The molecule has 110 valence electrons. The molecule has 20 heavy (non-hydrogen) atoms. The van der Waals surface area contributed by atoms with Crippen molar-refractivity contribution in [2.75, 3.05) is 32.5 Å². The summed E-state index contributed by atoms with van der Waals surface area (Å²) < 4.78 is 0. The second kappa shape index (κ2) is 7.15. The second-order valence-corrected chi connectivity index (χ2v) is 7.29. The van der Waals surface area contributed by atoms with Gasteiger partial charge in [0.05, 0.1) is 5.01 Å². The van der Waals surface area contributed by atoms with E-state index < -0.39 is 0 Å². The summed E-state index contributed by atoms with van der Waals surface area (Å²) in [4.78, 5) is 11.4. The van der Waals surface area contributed by atoms with Crippen molar-refractivity contribution >= 4 is 27.8 Å². The van der Waals surface area contributed by atoms with E-state index in [2.05, 4.69) is 58.9 Å². The first-order valence-corrected chi connectivity index (χ1v) is 8.59. The number of anilines is 1. The molecular formula is C14H22N4S2. The molecule has 4 nitrogen and oxygen atoms in total. The maximum atomic E-state index is 4.67. The molecule has 0 spiro atoms. The number of hydrogen-bond acceptors (Lipinski definition) is 6. The smallest absolute Gasteiger partial charge is 0.183 e. The molecule has 0 bridgehead atoms. The van der Waals surface area contributed by atoms with Gasteiger partial charge in [0.1, 0.15) is 11.4 Å². The Morgan fingerprint density at radius 1 is 1.15 bits per heavy atom. The Balaban J connectivity index is 1.97. The van der Waals surface area contributed by atoms with Gasteiger partial charge in [-0.25, -0.2) is 9.97 Å². The first-order valence-electron chi connectivity index (χ1n) is 6.83. The Kier molecular flexibility index (Phi) is 5.51. The number of nitrogens with zero attached hydrogens (tertiary/aromatic N) is 3. The zero-order valence-corrected chi connectivity index (χ0v) is 14.1. The van der Waals surface area contributed by atoms with Gasteiger partial charge in [0.15, 0.2) is 5.13 Å². The van der Waals surface area contributed by atoms with E-state index in [0.717, 1.165) is 36.0 Å². The van der Waals surface area contributed by atoms with Gasteiger partial charge in [-0.1, -0.05) is 13.8 Å².